The Labute approximate surface area is 114 Å². The molecule has 0 unspecified atom stereocenters. The molecule has 1 aromatic heterocycles. The fraction of sp³-hybridized carbons (Fsp3) is 0.182. The van der Waals surface area contributed by atoms with Crippen LogP contribution >= 0.6 is 15.9 Å². The fourth-order valence-corrected chi connectivity index (χ4v) is 2.85. The third-order valence-electron chi connectivity index (χ3n) is 2.32. The first-order valence-electron chi connectivity index (χ1n) is 5.17. The maximum atomic E-state index is 12.0. The maximum absolute atomic E-state index is 12.0. The molecule has 1 heterocycles. The van der Waals surface area contributed by atoms with Crippen molar-refractivity contribution in [3.8, 4) is 0 Å². The highest BCUT2D eigenvalue weighted by Gasteiger charge is 2.16. The lowest BCUT2D eigenvalue weighted by Crippen LogP contribution is -2.12. The molecule has 0 radical (unpaired) electrons. The number of alkyl halides is 1. The topological polar surface area (TPSA) is 64.0 Å². The molecular weight excluding hydrogens is 318 g/mol. The van der Waals surface area contributed by atoms with E-state index >= 15 is 0 Å². The molecule has 0 saturated carbocycles. The van der Waals surface area contributed by atoms with E-state index in [1.807, 2.05) is 6.07 Å². The van der Waals surface area contributed by atoms with Crippen molar-refractivity contribution in [2.45, 2.75) is 10.2 Å². The van der Waals surface area contributed by atoms with Crippen LogP contribution in [0, 0.1) is 0 Å². The first kappa shape index (κ1) is 13.1. The molecule has 0 amide bonds. The normalized spacial score (nSPS) is 11.4. The van der Waals surface area contributed by atoms with Crippen molar-refractivity contribution in [1.82, 2.24) is 9.78 Å². The van der Waals surface area contributed by atoms with Crippen LogP contribution in [0.25, 0.3) is 0 Å². The summed E-state index contributed by atoms with van der Waals surface area (Å²) in [6.07, 6.45) is 2.77. The van der Waals surface area contributed by atoms with E-state index < -0.39 is 10.0 Å². The van der Waals surface area contributed by atoms with Crippen LogP contribution in [0.2, 0.25) is 0 Å². The second-order valence-corrected chi connectivity index (χ2v) is 6.03. The fourth-order valence-electron chi connectivity index (χ4n) is 1.47. The lowest BCUT2D eigenvalue weighted by atomic mass is 10.2. The highest BCUT2D eigenvalue weighted by atomic mass is 79.9. The van der Waals surface area contributed by atoms with Crippen molar-refractivity contribution in [3.63, 3.8) is 0 Å². The Morgan fingerprint density at radius 3 is 2.83 bits per heavy atom. The largest absolute Gasteiger partial charge is 0.280 e. The summed E-state index contributed by atoms with van der Waals surface area (Å²) in [6, 6.07) is 7.21. The number of hydrogen-bond donors (Lipinski definition) is 1. The zero-order valence-electron chi connectivity index (χ0n) is 9.67. The Morgan fingerprint density at radius 1 is 1.44 bits per heavy atom. The third-order valence-corrected chi connectivity index (χ3v) is 4.31. The van der Waals surface area contributed by atoms with Crippen molar-refractivity contribution >= 4 is 31.6 Å². The van der Waals surface area contributed by atoms with Gasteiger partial charge in [-0.25, -0.2) is 8.42 Å². The van der Waals surface area contributed by atoms with E-state index in [2.05, 4.69) is 25.8 Å². The van der Waals surface area contributed by atoms with E-state index in [1.165, 1.54) is 17.1 Å². The van der Waals surface area contributed by atoms with Crippen LogP contribution in [0.1, 0.15) is 5.56 Å². The number of aromatic nitrogens is 2. The molecule has 0 aliphatic rings. The molecule has 2 aromatic rings. The molecular formula is C11H12BrN3O2S. The average Bonchev–Trinajstić information content (AvgIpc) is 2.76. The van der Waals surface area contributed by atoms with Crippen LogP contribution in [-0.2, 0) is 22.4 Å². The number of benzene rings is 1. The van der Waals surface area contributed by atoms with Gasteiger partial charge >= 0.3 is 0 Å². The summed E-state index contributed by atoms with van der Waals surface area (Å²) in [5.74, 6) is 0. The molecule has 0 bridgehead atoms. The van der Waals surface area contributed by atoms with Crippen LogP contribution < -0.4 is 4.72 Å². The van der Waals surface area contributed by atoms with E-state index in [0.717, 1.165) is 5.56 Å². The van der Waals surface area contributed by atoms with Crippen LogP contribution in [-0.4, -0.2) is 18.2 Å². The predicted octanol–water partition coefficient (Wildman–Crippen LogP) is 2.12. The molecule has 1 N–H and O–H groups in total. The predicted molar refractivity (Wildman–Crippen MR) is 73.1 cm³/mol. The van der Waals surface area contributed by atoms with Gasteiger partial charge in [0.25, 0.3) is 10.0 Å². The summed E-state index contributed by atoms with van der Waals surface area (Å²) in [5, 5.41) is 4.52. The maximum Gasteiger partial charge on any atom is 0.265 e. The second-order valence-electron chi connectivity index (χ2n) is 3.79. The first-order valence-corrected chi connectivity index (χ1v) is 7.78. The number of nitrogens with one attached hydrogen (secondary N) is 1. The van der Waals surface area contributed by atoms with E-state index in [4.69, 9.17) is 0 Å². The second kappa shape index (κ2) is 5.11. The molecule has 5 nitrogen and oxygen atoms in total. The number of halogens is 1. The third kappa shape index (κ3) is 2.91. The van der Waals surface area contributed by atoms with Crippen molar-refractivity contribution in [3.05, 3.63) is 42.2 Å². The number of hydrogen-bond acceptors (Lipinski definition) is 3. The Morgan fingerprint density at radius 2 is 2.22 bits per heavy atom. The quantitative estimate of drug-likeness (QED) is 0.874. The Kier molecular flexibility index (Phi) is 3.72. The Balaban J connectivity index is 2.27. The number of nitrogens with zero attached hydrogens (tertiary/aromatic N) is 2. The average molecular weight is 330 g/mol. The molecule has 2 rings (SSSR count). The number of aryl methyl sites for hydroxylation is 1. The van der Waals surface area contributed by atoms with Crippen LogP contribution in [0.5, 0.6) is 0 Å². The molecule has 18 heavy (non-hydrogen) atoms. The standard InChI is InChI=1S/C11H12BrN3O2S/c1-15-8-11(7-13-15)18(16,17)14-10-4-2-3-9(5-10)6-12/h2-5,7-8,14H,6H2,1H3. The monoisotopic (exact) mass is 329 g/mol. The summed E-state index contributed by atoms with van der Waals surface area (Å²) >= 11 is 3.33. The van der Waals surface area contributed by atoms with Crippen LogP contribution in [0.4, 0.5) is 5.69 Å². The lowest BCUT2D eigenvalue weighted by Gasteiger charge is -2.07. The molecule has 0 atom stereocenters. The minimum atomic E-state index is -3.57. The van der Waals surface area contributed by atoms with Gasteiger partial charge in [0, 0.05) is 24.3 Å². The SMILES string of the molecule is Cn1cc(S(=O)(=O)Nc2cccc(CBr)c2)cn1. The van der Waals surface area contributed by atoms with E-state index in [1.54, 1.807) is 25.2 Å². The summed E-state index contributed by atoms with van der Waals surface area (Å²) in [6.45, 7) is 0. The molecule has 0 fully saturated rings. The number of rotatable bonds is 4. The summed E-state index contributed by atoms with van der Waals surface area (Å²) in [7, 11) is -1.90. The van der Waals surface area contributed by atoms with Crippen molar-refractivity contribution in [2.75, 3.05) is 4.72 Å². The zero-order chi connectivity index (χ0) is 13.2. The van der Waals surface area contributed by atoms with Gasteiger partial charge < -0.3 is 0 Å². The van der Waals surface area contributed by atoms with Gasteiger partial charge in [-0.15, -0.1) is 0 Å². The van der Waals surface area contributed by atoms with Gasteiger partial charge in [-0.1, -0.05) is 28.1 Å². The number of anilines is 1. The van der Waals surface area contributed by atoms with E-state index in [9.17, 15) is 8.42 Å². The van der Waals surface area contributed by atoms with Gasteiger partial charge in [0.1, 0.15) is 4.90 Å². The van der Waals surface area contributed by atoms with Crippen molar-refractivity contribution < 1.29 is 8.42 Å². The molecule has 0 saturated heterocycles. The highest BCUT2D eigenvalue weighted by molar-refractivity contribution is 9.08. The van der Waals surface area contributed by atoms with Gasteiger partial charge in [-0.05, 0) is 17.7 Å². The molecule has 0 aliphatic heterocycles. The molecule has 0 spiro atoms. The molecule has 96 valence electrons. The molecule has 1 aromatic carbocycles. The smallest absolute Gasteiger partial charge is 0.265 e. The molecule has 7 heteroatoms. The highest BCUT2D eigenvalue weighted by Crippen LogP contribution is 2.17. The van der Waals surface area contributed by atoms with E-state index in [0.29, 0.717) is 11.0 Å². The minimum Gasteiger partial charge on any atom is -0.280 e. The van der Waals surface area contributed by atoms with Gasteiger partial charge in [0.2, 0.25) is 0 Å². The summed E-state index contributed by atoms with van der Waals surface area (Å²) in [5.41, 5.74) is 1.54. The number of sulfonamides is 1. The van der Waals surface area contributed by atoms with Gasteiger partial charge in [-0.2, -0.15) is 5.10 Å². The van der Waals surface area contributed by atoms with Crippen molar-refractivity contribution in [1.29, 1.82) is 0 Å². The van der Waals surface area contributed by atoms with E-state index in [-0.39, 0.29) is 4.90 Å². The van der Waals surface area contributed by atoms with Crippen molar-refractivity contribution in [2.24, 2.45) is 7.05 Å². The zero-order valence-corrected chi connectivity index (χ0v) is 12.1. The summed E-state index contributed by atoms with van der Waals surface area (Å²) < 4.78 is 28.0. The lowest BCUT2D eigenvalue weighted by molar-refractivity contribution is 0.601. The molecule has 0 aliphatic carbocycles. The van der Waals surface area contributed by atoms with Crippen LogP contribution in [0.15, 0.2) is 41.6 Å². The Bertz CT molecular complexity index is 652. The van der Waals surface area contributed by atoms with Gasteiger partial charge in [0.05, 0.1) is 6.20 Å². The Hall–Kier alpha value is -1.34. The van der Waals surface area contributed by atoms with Gasteiger partial charge in [0.15, 0.2) is 0 Å². The minimum absolute atomic E-state index is 0.147. The van der Waals surface area contributed by atoms with Gasteiger partial charge in [-0.3, -0.25) is 9.40 Å². The first-order chi connectivity index (χ1) is 8.51. The van der Waals surface area contributed by atoms with Crippen LogP contribution in [0.3, 0.4) is 0 Å². The summed E-state index contributed by atoms with van der Waals surface area (Å²) in [4.78, 5) is 0.147.